The Morgan fingerprint density at radius 3 is 2.29 bits per heavy atom. The minimum atomic E-state index is -0.436. The number of benzene rings is 3. The number of aromatic nitrogens is 1. The fourth-order valence-electron chi connectivity index (χ4n) is 3.80. The molecule has 0 N–H and O–H groups in total. The largest absolute Gasteiger partial charge is 0.462 e. The second-order valence-corrected chi connectivity index (χ2v) is 7.24. The Labute approximate surface area is 180 Å². The molecule has 0 amide bonds. The summed E-state index contributed by atoms with van der Waals surface area (Å²) >= 11 is 0. The lowest BCUT2D eigenvalue weighted by Gasteiger charge is -2.09. The number of fused-ring (bicyclic) bond motifs is 1. The zero-order chi connectivity index (χ0) is 22.0. The highest BCUT2D eigenvalue weighted by Gasteiger charge is 2.23. The number of esters is 2. The topological polar surface area (TPSA) is 57.5 Å². The van der Waals surface area contributed by atoms with E-state index in [1.54, 1.807) is 31.2 Å². The Balaban J connectivity index is 1.83. The van der Waals surface area contributed by atoms with E-state index in [1.165, 1.54) is 0 Å². The van der Waals surface area contributed by atoms with E-state index < -0.39 is 11.9 Å². The summed E-state index contributed by atoms with van der Waals surface area (Å²) < 4.78 is 13.0. The molecule has 1 aromatic heterocycles. The van der Waals surface area contributed by atoms with Crippen LogP contribution < -0.4 is 4.74 Å². The Bertz CT molecular complexity index is 1270. The van der Waals surface area contributed by atoms with Gasteiger partial charge in [0.2, 0.25) is 0 Å². The molecule has 0 bridgehead atoms. The van der Waals surface area contributed by atoms with E-state index in [2.05, 4.69) is 0 Å². The molecule has 0 unspecified atom stereocenters. The van der Waals surface area contributed by atoms with E-state index in [-0.39, 0.29) is 6.61 Å². The minimum absolute atomic E-state index is 0.276. The van der Waals surface area contributed by atoms with Crippen LogP contribution in [-0.2, 0) is 4.74 Å². The fraction of sp³-hybridized carbons (Fsp3) is 0.154. The van der Waals surface area contributed by atoms with Gasteiger partial charge in [0, 0.05) is 16.8 Å². The van der Waals surface area contributed by atoms with Crippen molar-refractivity contribution in [3.05, 3.63) is 95.2 Å². The van der Waals surface area contributed by atoms with Gasteiger partial charge in [-0.05, 0) is 62.7 Å². The molecule has 0 aliphatic carbocycles. The van der Waals surface area contributed by atoms with Crippen molar-refractivity contribution in [2.45, 2.75) is 20.8 Å². The molecule has 0 aliphatic heterocycles. The lowest BCUT2D eigenvalue weighted by atomic mass is 10.1. The lowest BCUT2D eigenvalue weighted by Crippen LogP contribution is -2.10. The molecule has 4 rings (SSSR count). The van der Waals surface area contributed by atoms with Gasteiger partial charge in [0.05, 0.1) is 23.3 Å². The van der Waals surface area contributed by atoms with Gasteiger partial charge in [-0.3, -0.25) is 0 Å². The van der Waals surface area contributed by atoms with Crippen molar-refractivity contribution in [1.29, 1.82) is 0 Å². The Morgan fingerprint density at radius 2 is 1.58 bits per heavy atom. The third-order valence-corrected chi connectivity index (χ3v) is 5.24. The van der Waals surface area contributed by atoms with Gasteiger partial charge in [0.1, 0.15) is 5.75 Å². The molecule has 4 aromatic rings. The predicted molar refractivity (Wildman–Crippen MR) is 120 cm³/mol. The summed E-state index contributed by atoms with van der Waals surface area (Å²) in [6.07, 6.45) is 0. The van der Waals surface area contributed by atoms with Gasteiger partial charge >= 0.3 is 11.9 Å². The van der Waals surface area contributed by atoms with E-state index in [9.17, 15) is 9.59 Å². The molecule has 1 heterocycles. The Hall–Kier alpha value is -3.86. The van der Waals surface area contributed by atoms with Crippen molar-refractivity contribution in [2.75, 3.05) is 6.61 Å². The van der Waals surface area contributed by atoms with Crippen LogP contribution in [0, 0.1) is 13.8 Å². The number of nitrogens with zero attached hydrogens (tertiary/aromatic N) is 1. The number of hydrogen-bond acceptors (Lipinski definition) is 4. The maximum Gasteiger partial charge on any atom is 0.343 e. The second-order valence-electron chi connectivity index (χ2n) is 7.24. The van der Waals surface area contributed by atoms with Crippen molar-refractivity contribution in [2.24, 2.45) is 0 Å². The highest BCUT2D eigenvalue weighted by Crippen LogP contribution is 2.33. The van der Waals surface area contributed by atoms with Crippen molar-refractivity contribution in [3.63, 3.8) is 0 Å². The first-order valence-corrected chi connectivity index (χ1v) is 10.2. The van der Waals surface area contributed by atoms with Crippen molar-refractivity contribution in [3.8, 4) is 11.4 Å². The molecule has 31 heavy (non-hydrogen) atoms. The molecule has 0 atom stereocenters. The molecule has 0 saturated heterocycles. The van der Waals surface area contributed by atoms with Crippen LogP contribution in [0.2, 0.25) is 0 Å². The molecule has 156 valence electrons. The van der Waals surface area contributed by atoms with Crippen molar-refractivity contribution >= 4 is 22.8 Å². The first-order chi connectivity index (χ1) is 15.0. The van der Waals surface area contributed by atoms with Gasteiger partial charge in [-0.2, -0.15) is 0 Å². The number of para-hydroxylation sites is 1. The number of carbonyl (C=O) groups excluding carboxylic acids is 2. The van der Waals surface area contributed by atoms with Gasteiger partial charge in [0.15, 0.2) is 0 Å². The monoisotopic (exact) mass is 413 g/mol. The first-order valence-electron chi connectivity index (χ1n) is 10.2. The average Bonchev–Trinajstić information content (AvgIpc) is 3.06. The summed E-state index contributed by atoms with van der Waals surface area (Å²) in [6, 6.07) is 22.4. The van der Waals surface area contributed by atoms with E-state index >= 15 is 0 Å². The SMILES string of the molecule is CCOC(=O)c1c(C)n(-c2ccccc2)c2ccc(OC(=O)c3ccccc3C)cc12. The standard InChI is InChI=1S/C26H23NO4/c1-4-30-26(29)24-18(3)27(19-11-6-5-7-12-19)23-15-14-20(16-22(23)24)31-25(28)21-13-9-8-10-17(21)2/h5-16H,4H2,1-3H3. The van der Waals surface area contributed by atoms with Gasteiger partial charge in [-0.15, -0.1) is 0 Å². The van der Waals surface area contributed by atoms with E-state index in [0.29, 0.717) is 22.3 Å². The molecular weight excluding hydrogens is 390 g/mol. The van der Waals surface area contributed by atoms with E-state index in [1.807, 2.05) is 66.9 Å². The molecule has 5 heteroatoms. The van der Waals surface area contributed by atoms with Crippen LogP contribution in [0.3, 0.4) is 0 Å². The summed E-state index contributed by atoms with van der Waals surface area (Å²) in [7, 11) is 0. The van der Waals surface area contributed by atoms with E-state index in [0.717, 1.165) is 22.5 Å². The second kappa shape index (κ2) is 8.48. The van der Waals surface area contributed by atoms with Gasteiger partial charge in [0.25, 0.3) is 0 Å². The summed E-state index contributed by atoms with van der Waals surface area (Å²) in [5, 5.41) is 0.676. The van der Waals surface area contributed by atoms with Crippen LogP contribution >= 0.6 is 0 Å². The Morgan fingerprint density at radius 1 is 0.871 bits per heavy atom. The zero-order valence-electron chi connectivity index (χ0n) is 17.7. The van der Waals surface area contributed by atoms with Gasteiger partial charge < -0.3 is 14.0 Å². The molecule has 0 fully saturated rings. The van der Waals surface area contributed by atoms with Crippen LogP contribution in [0.1, 0.15) is 38.9 Å². The van der Waals surface area contributed by atoms with Gasteiger partial charge in [-0.25, -0.2) is 9.59 Å². The summed E-state index contributed by atoms with van der Waals surface area (Å²) in [6.45, 7) is 5.80. The molecule has 3 aromatic carbocycles. The third-order valence-electron chi connectivity index (χ3n) is 5.24. The van der Waals surface area contributed by atoms with E-state index in [4.69, 9.17) is 9.47 Å². The Kier molecular flexibility index (Phi) is 5.58. The number of rotatable bonds is 5. The maximum atomic E-state index is 12.8. The van der Waals surface area contributed by atoms with Crippen LogP contribution in [0.5, 0.6) is 5.75 Å². The zero-order valence-corrected chi connectivity index (χ0v) is 17.7. The van der Waals surface area contributed by atoms with Gasteiger partial charge in [-0.1, -0.05) is 36.4 Å². The fourth-order valence-corrected chi connectivity index (χ4v) is 3.80. The van der Waals surface area contributed by atoms with Crippen LogP contribution in [0.4, 0.5) is 0 Å². The number of hydrogen-bond donors (Lipinski definition) is 0. The molecular formula is C26H23NO4. The van der Waals surface area contributed by atoms with Crippen LogP contribution in [-0.4, -0.2) is 23.1 Å². The normalized spacial score (nSPS) is 10.8. The first kappa shape index (κ1) is 20.4. The summed E-state index contributed by atoms with van der Waals surface area (Å²) in [4.78, 5) is 25.4. The number of ether oxygens (including phenoxy) is 2. The molecule has 0 saturated carbocycles. The molecule has 5 nitrogen and oxygen atoms in total. The minimum Gasteiger partial charge on any atom is -0.462 e. The summed E-state index contributed by atoms with van der Waals surface area (Å²) in [5.74, 6) is -0.465. The van der Waals surface area contributed by atoms with Crippen molar-refractivity contribution in [1.82, 2.24) is 4.57 Å². The predicted octanol–water partition coefficient (Wildman–Crippen LogP) is 5.64. The highest BCUT2D eigenvalue weighted by molar-refractivity contribution is 6.07. The number of carbonyl (C=O) groups is 2. The smallest absolute Gasteiger partial charge is 0.343 e. The highest BCUT2D eigenvalue weighted by atomic mass is 16.5. The summed E-state index contributed by atoms with van der Waals surface area (Å²) in [5.41, 5.74) is 4.35. The lowest BCUT2D eigenvalue weighted by molar-refractivity contribution is 0.0527. The quantitative estimate of drug-likeness (QED) is 0.314. The molecule has 0 aliphatic rings. The molecule has 0 spiro atoms. The molecule has 0 radical (unpaired) electrons. The average molecular weight is 413 g/mol. The van der Waals surface area contributed by atoms with Crippen LogP contribution in [0.15, 0.2) is 72.8 Å². The maximum absolute atomic E-state index is 12.8. The number of aryl methyl sites for hydroxylation is 1. The van der Waals surface area contributed by atoms with Crippen molar-refractivity contribution < 1.29 is 19.1 Å². The van der Waals surface area contributed by atoms with Crippen LogP contribution in [0.25, 0.3) is 16.6 Å². The third kappa shape index (κ3) is 3.82.